The van der Waals surface area contributed by atoms with Crippen LogP contribution in [0.25, 0.3) is 0 Å². The fourth-order valence-corrected chi connectivity index (χ4v) is 1.61. The molecule has 0 spiro atoms. The number of para-hydroxylation sites is 1. The van der Waals surface area contributed by atoms with Crippen LogP contribution in [0.3, 0.4) is 0 Å². The highest BCUT2D eigenvalue weighted by atomic mass is 16.5. The molecule has 0 atom stereocenters. The van der Waals surface area contributed by atoms with Gasteiger partial charge in [0.15, 0.2) is 0 Å². The fourth-order valence-electron chi connectivity index (χ4n) is 1.61. The predicted octanol–water partition coefficient (Wildman–Crippen LogP) is 2.16. The Balaban J connectivity index is 1.97. The fraction of sp³-hybridized carbons (Fsp3) is 0.143. The largest absolute Gasteiger partial charge is 0.476 e. The Labute approximate surface area is 106 Å². The Bertz CT molecular complexity index is 575. The highest BCUT2D eigenvalue weighted by Gasteiger charge is 2.04. The van der Waals surface area contributed by atoms with E-state index in [4.69, 9.17) is 15.7 Å². The number of aromatic nitrogens is 1. The van der Waals surface area contributed by atoms with E-state index in [0.29, 0.717) is 24.5 Å². The van der Waals surface area contributed by atoms with Gasteiger partial charge in [-0.1, -0.05) is 18.2 Å². The second-order valence-electron chi connectivity index (χ2n) is 3.77. The van der Waals surface area contributed by atoms with E-state index in [0.717, 1.165) is 11.3 Å². The number of nitriles is 1. The lowest BCUT2D eigenvalue weighted by molar-refractivity contribution is 0.309. The van der Waals surface area contributed by atoms with Gasteiger partial charge in [-0.25, -0.2) is 4.98 Å². The van der Waals surface area contributed by atoms with Crippen LogP contribution in [-0.2, 0) is 6.42 Å². The summed E-state index contributed by atoms with van der Waals surface area (Å²) >= 11 is 0. The summed E-state index contributed by atoms with van der Waals surface area (Å²) in [4.78, 5) is 4.03. The molecule has 0 saturated carbocycles. The first kappa shape index (κ1) is 11.9. The molecular weight excluding hydrogens is 226 g/mol. The maximum atomic E-state index is 8.89. The number of nitrogens with two attached hydrogens (primary N) is 1. The minimum absolute atomic E-state index is 0.370. The number of anilines is 1. The summed E-state index contributed by atoms with van der Waals surface area (Å²) in [6, 6.07) is 13.1. The molecule has 0 aliphatic heterocycles. The second kappa shape index (κ2) is 5.69. The van der Waals surface area contributed by atoms with Crippen molar-refractivity contribution in [3.8, 4) is 11.9 Å². The molecule has 4 heteroatoms. The molecule has 0 aliphatic carbocycles. The molecule has 4 nitrogen and oxygen atoms in total. The molecule has 2 N–H and O–H groups in total. The Morgan fingerprint density at radius 3 is 2.83 bits per heavy atom. The molecule has 1 heterocycles. The van der Waals surface area contributed by atoms with Crippen LogP contribution in [0.4, 0.5) is 5.69 Å². The molecule has 18 heavy (non-hydrogen) atoms. The van der Waals surface area contributed by atoms with Crippen LogP contribution in [0.5, 0.6) is 5.88 Å². The van der Waals surface area contributed by atoms with E-state index in [1.54, 1.807) is 18.3 Å². The van der Waals surface area contributed by atoms with Crippen molar-refractivity contribution < 1.29 is 4.74 Å². The Hall–Kier alpha value is -2.54. The summed E-state index contributed by atoms with van der Waals surface area (Å²) in [5.74, 6) is 0.370. The molecule has 2 rings (SSSR count). The molecule has 0 unspecified atom stereocenters. The highest BCUT2D eigenvalue weighted by molar-refractivity contribution is 5.46. The zero-order valence-electron chi connectivity index (χ0n) is 9.84. The van der Waals surface area contributed by atoms with Gasteiger partial charge in [0, 0.05) is 18.3 Å². The third-order valence-corrected chi connectivity index (χ3v) is 2.56. The number of hydrogen-bond acceptors (Lipinski definition) is 4. The average Bonchev–Trinajstić information content (AvgIpc) is 2.41. The van der Waals surface area contributed by atoms with Crippen LogP contribution in [0, 0.1) is 11.3 Å². The maximum absolute atomic E-state index is 8.89. The van der Waals surface area contributed by atoms with Crippen molar-refractivity contribution in [1.82, 2.24) is 4.98 Å². The zero-order chi connectivity index (χ0) is 12.8. The van der Waals surface area contributed by atoms with Crippen molar-refractivity contribution in [1.29, 1.82) is 5.26 Å². The van der Waals surface area contributed by atoms with Gasteiger partial charge >= 0.3 is 0 Å². The monoisotopic (exact) mass is 239 g/mol. The minimum Gasteiger partial charge on any atom is -0.476 e. The van der Waals surface area contributed by atoms with Crippen LogP contribution in [0.1, 0.15) is 11.1 Å². The average molecular weight is 239 g/mol. The number of pyridine rings is 1. The van der Waals surface area contributed by atoms with Crippen LogP contribution < -0.4 is 10.5 Å². The van der Waals surface area contributed by atoms with E-state index in [1.807, 2.05) is 30.3 Å². The first-order valence-corrected chi connectivity index (χ1v) is 5.62. The van der Waals surface area contributed by atoms with Gasteiger partial charge in [-0.05, 0) is 23.8 Å². The number of ether oxygens (including phenoxy) is 1. The summed E-state index contributed by atoms with van der Waals surface area (Å²) in [6.45, 7) is 0.444. The van der Waals surface area contributed by atoms with Gasteiger partial charge in [-0.2, -0.15) is 5.26 Å². The van der Waals surface area contributed by atoms with Crippen molar-refractivity contribution in [2.45, 2.75) is 6.42 Å². The van der Waals surface area contributed by atoms with Crippen molar-refractivity contribution in [3.05, 3.63) is 53.7 Å². The number of hydrogen-bond donors (Lipinski definition) is 1. The molecule has 0 amide bonds. The van der Waals surface area contributed by atoms with Crippen molar-refractivity contribution in [3.63, 3.8) is 0 Å². The summed E-state index contributed by atoms with van der Waals surface area (Å²) in [5.41, 5.74) is 8.06. The molecule has 2 aromatic rings. The topological polar surface area (TPSA) is 71.9 Å². The van der Waals surface area contributed by atoms with Gasteiger partial charge in [0.1, 0.15) is 11.6 Å². The first-order valence-electron chi connectivity index (χ1n) is 5.62. The van der Waals surface area contributed by atoms with Crippen molar-refractivity contribution >= 4 is 5.69 Å². The number of nitrogens with zero attached hydrogens (tertiary/aromatic N) is 2. The van der Waals surface area contributed by atoms with E-state index in [2.05, 4.69) is 4.98 Å². The minimum atomic E-state index is 0.370. The molecule has 0 fully saturated rings. The van der Waals surface area contributed by atoms with Crippen LogP contribution in [-0.4, -0.2) is 11.6 Å². The second-order valence-corrected chi connectivity index (χ2v) is 3.77. The predicted molar refractivity (Wildman–Crippen MR) is 69.0 cm³/mol. The van der Waals surface area contributed by atoms with Gasteiger partial charge in [0.25, 0.3) is 0 Å². The molecular formula is C14H13N3O. The third-order valence-electron chi connectivity index (χ3n) is 2.56. The summed E-state index contributed by atoms with van der Waals surface area (Å²) < 4.78 is 5.50. The first-order chi connectivity index (χ1) is 8.81. The smallest absolute Gasteiger partial charge is 0.231 e. The standard InChI is InChI=1S/C14H13N3O/c15-10-12-5-3-8-17-14(12)18-9-7-11-4-1-2-6-13(11)16/h1-6,8H,7,9,16H2. The number of nitrogen functional groups attached to an aromatic ring is 1. The molecule has 1 aromatic carbocycles. The van der Waals surface area contributed by atoms with Gasteiger partial charge in [-0.15, -0.1) is 0 Å². The van der Waals surface area contributed by atoms with E-state index in [9.17, 15) is 0 Å². The lowest BCUT2D eigenvalue weighted by atomic mass is 10.1. The van der Waals surface area contributed by atoms with E-state index >= 15 is 0 Å². The summed E-state index contributed by atoms with van der Waals surface area (Å²) in [7, 11) is 0. The van der Waals surface area contributed by atoms with Gasteiger partial charge in [0.2, 0.25) is 5.88 Å². The molecule has 1 aromatic heterocycles. The van der Waals surface area contributed by atoms with Crippen molar-refractivity contribution in [2.24, 2.45) is 0 Å². The van der Waals surface area contributed by atoms with Crippen LogP contribution in [0.2, 0.25) is 0 Å². The normalized spacial score (nSPS) is 9.72. The molecule has 0 radical (unpaired) electrons. The Morgan fingerprint density at radius 2 is 2.06 bits per heavy atom. The summed E-state index contributed by atoms with van der Waals surface area (Å²) in [6.07, 6.45) is 2.29. The zero-order valence-corrected chi connectivity index (χ0v) is 9.84. The van der Waals surface area contributed by atoms with Gasteiger partial charge < -0.3 is 10.5 Å². The Morgan fingerprint density at radius 1 is 1.22 bits per heavy atom. The van der Waals surface area contributed by atoms with Crippen molar-refractivity contribution in [2.75, 3.05) is 12.3 Å². The summed E-state index contributed by atoms with van der Waals surface area (Å²) in [5, 5.41) is 8.89. The Kier molecular flexibility index (Phi) is 3.77. The van der Waals surface area contributed by atoms with E-state index in [1.165, 1.54) is 0 Å². The van der Waals surface area contributed by atoms with Crippen LogP contribution in [0.15, 0.2) is 42.6 Å². The quantitative estimate of drug-likeness (QED) is 0.830. The lowest BCUT2D eigenvalue weighted by Gasteiger charge is -2.07. The highest BCUT2D eigenvalue weighted by Crippen LogP contribution is 2.15. The third kappa shape index (κ3) is 2.77. The van der Waals surface area contributed by atoms with Gasteiger partial charge in [0.05, 0.1) is 6.61 Å². The molecule has 0 saturated heterocycles. The lowest BCUT2D eigenvalue weighted by Crippen LogP contribution is -2.05. The number of rotatable bonds is 4. The molecule has 0 aliphatic rings. The molecule has 90 valence electrons. The molecule has 0 bridgehead atoms. The van der Waals surface area contributed by atoms with E-state index in [-0.39, 0.29) is 0 Å². The van der Waals surface area contributed by atoms with Crippen LogP contribution >= 0.6 is 0 Å². The van der Waals surface area contributed by atoms with E-state index < -0.39 is 0 Å². The maximum Gasteiger partial charge on any atom is 0.231 e. The number of benzene rings is 1. The van der Waals surface area contributed by atoms with Gasteiger partial charge in [-0.3, -0.25) is 0 Å². The SMILES string of the molecule is N#Cc1cccnc1OCCc1ccccc1N.